The van der Waals surface area contributed by atoms with Crippen molar-refractivity contribution in [3.63, 3.8) is 0 Å². The van der Waals surface area contributed by atoms with Crippen LogP contribution in [0.2, 0.25) is 0 Å². The summed E-state index contributed by atoms with van der Waals surface area (Å²) in [4.78, 5) is 15.6. The van der Waals surface area contributed by atoms with Gasteiger partial charge in [0.15, 0.2) is 0 Å². The molecular formula is C19H24N2O2S. The monoisotopic (exact) mass is 344 g/mol. The van der Waals surface area contributed by atoms with Crippen LogP contribution >= 0.6 is 11.8 Å². The maximum Gasteiger partial charge on any atom is 0.238 e. The number of hydrogen-bond donors (Lipinski definition) is 1. The molecule has 2 rings (SSSR count). The van der Waals surface area contributed by atoms with Crippen molar-refractivity contribution in [2.24, 2.45) is 0 Å². The molecule has 0 saturated heterocycles. The third-order valence-electron chi connectivity index (χ3n) is 3.58. The van der Waals surface area contributed by atoms with Gasteiger partial charge in [0.25, 0.3) is 0 Å². The summed E-state index contributed by atoms with van der Waals surface area (Å²) in [6.07, 6.45) is 2.02. The van der Waals surface area contributed by atoms with Gasteiger partial charge in [-0.05, 0) is 30.0 Å². The Morgan fingerprint density at radius 1 is 1.17 bits per heavy atom. The number of nitrogens with zero attached hydrogens (tertiary/aromatic N) is 1. The minimum Gasteiger partial charge on any atom is -0.383 e. The first-order valence-electron chi connectivity index (χ1n) is 7.90. The van der Waals surface area contributed by atoms with Crippen molar-refractivity contribution in [1.82, 2.24) is 4.90 Å². The number of carbonyl (C=O) groups is 1. The smallest absolute Gasteiger partial charge is 0.238 e. The van der Waals surface area contributed by atoms with E-state index in [4.69, 9.17) is 4.74 Å². The molecule has 5 heteroatoms. The van der Waals surface area contributed by atoms with Gasteiger partial charge in [-0.15, -0.1) is 11.8 Å². The molecule has 0 atom stereocenters. The predicted octanol–water partition coefficient (Wildman–Crippen LogP) is 3.50. The first kappa shape index (κ1) is 18.5. The lowest BCUT2D eigenvalue weighted by molar-refractivity contribution is -0.117. The second kappa shape index (κ2) is 10.1. The molecule has 0 bridgehead atoms. The molecular weight excluding hydrogens is 320 g/mol. The molecule has 0 heterocycles. The van der Waals surface area contributed by atoms with E-state index in [0.717, 1.165) is 17.1 Å². The summed E-state index contributed by atoms with van der Waals surface area (Å²) in [7, 11) is 1.68. The number of amides is 1. The highest BCUT2D eigenvalue weighted by Crippen LogP contribution is 2.19. The number of benzene rings is 2. The highest BCUT2D eigenvalue weighted by Gasteiger charge is 2.12. The van der Waals surface area contributed by atoms with Crippen molar-refractivity contribution in [3.05, 3.63) is 60.2 Å². The highest BCUT2D eigenvalue weighted by atomic mass is 32.2. The molecule has 0 saturated carbocycles. The second-order valence-electron chi connectivity index (χ2n) is 5.47. The molecule has 0 spiro atoms. The molecule has 2 aromatic carbocycles. The Balaban J connectivity index is 1.95. The van der Waals surface area contributed by atoms with E-state index >= 15 is 0 Å². The molecule has 1 N–H and O–H groups in total. The van der Waals surface area contributed by atoms with Gasteiger partial charge in [0.1, 0.15) is 0 Å². The fraction of sp³-hybridized carbons (Fsp3) is 0.316. The van der Waals surface area contributed by atoms with E-state index in [1.54, 1.807) is 18.9 Å². The van der Waals surface area contributed by atoms with Crippen LogP contribution in [0.15, 0.2) is 59.5 Å². The Morgan fingerprint density at radius 2 is 1.96 bits per heavy atom. The zero-order chi connectivity index (χ0) is 17.2. The van der Waals surface area contributed by atoms with Crippen LogP contribution < -0.4 is 5.32 Å². The summed E-state index contributed by atoms with van der Waals surface area (Å²) in [5.74, 6) is -0.0136. The van der Waals surface area contributed by atoms with Crippen molar-refractivity contribution in [2.45, 2.75) is 11.4 Å². The van der Waals surface area contributed by atoms with E-state index in [1.165, 1.54) is 5.56 Å². The van der Waals surface area contributed by atoms with Gasteiger partial charge in [0, 0.05) is 30.8 Å². The average molecular weight is 344 g/mol. The number of thioether (sulfide) groups is 1. The van der Waals surface area contributed by atoms with Gasteiger partial charge < -0.3 is 10.1 Å². The lowest BCUT2D eigenvalue weighted by atomic mass is 10.2. The van der Waals surface area contributed by atoms with Crippen LogP contribution in [0, 0.1) is 0 Å². The normalized spacial score (nSPS) is 10.8. The summed E-state index contributed by atoms with van der Waals surface area (Å²) >= 11 is 1.66. The van der Waals surface area contributed by atoms with Crippen LogP contribution in [0.3, 0.4) is 0 Å². The molecule has 0 radical (unpaired) electrons. The molecule has 24 heavy (non-hydrogen) atoms. The number of carbonyl (C=O) groups excluding carboxylic acids is 1. The third-order valence-corrected chi connectivity index (χ3v) is 4.31. The first-order valence-corrected chi connectivity index (χ1v) is 9.13. The Kier molecular flexibility index (Phi) is 7.82. The third kappa shape index (κ3) is 6.35. The van der Waals surface area contributed by atoms with Gasteiger partial charge in [0.05, 0.1) is 13.2 Å². The Labute approximate surface area is 148 Å². The van der Waals surface area contributed by atoms with Crippen LogP contribution in [0.5, 0.6) is 0 Å². The van der Waals surface area contributed by atoms with Crippen LogP contribution in [0.25, 0.3) is 0 Å². The molecule has 0 fully saturated rings. The minimum absolute atomic E-state index is 0.0136. The molecule has 0 aliphatic carbocycles. The Hall–Kier alpha value is -1.82. The summed E-state index contributed by atoms with van der Waals surface area (Å²) in [5.41, 5.74) is 2.02. The van der Waals surface area contributed by atoms with E-state index in [1.807, 2.05) is 48.7 Å². The van der Waals surface area contributed by atoms with Crippen LogP contribution in [-0.4, -0.2) is 43.9 Å². The van der Waals surface area contributed by atoms with E-state index in [9.17, 15) is 4.79 Å². The summed E-state index contributed by atoms with van der Waals surface area (Å²) < 4.78 is 5.16. The Bertz CT molecular complexity index is 634. The molecule has 4 nitrogen and oxygen atoms in total. The summed E-state index contributed by atoms with van der Waals surface area (Å²) in [5, 5.41) is 2.97. The Morgan fingerprint density at radius 3 is 2.67 bits per heavy atom. The first-order chi connectivity index (χ1) is 11.7. The number of hydrogen-bond acceptors (Lipinski definition) is 4. The van der Waals surface area contributed by atoms with E-state index in [-0.39, 0.29) is 5.91 Å². The molecule has 0 unspecified atom stereocenters. The summed E-state index contributed by atoms with van der Waals surface area (Å²) in [6, 6.07) is 18.0. The fourth-order valence-electron chi connectivity index (χ4n) is 2.38. The van der Waals surface area contributed by atoms with Gasteiger partial charge in [0.2, 0.25) is 5.91 Å². The fourth-order valence-corrected chi connectivity index (χ4v) is 2.84. The number of rotatable bonds is 9. The highest BCUT2D eigenvalue weighted by molar-refractivity contribution is 7.98. The number of anilines is 1. The molecule has 128 valence electrons. The number of nitrogens with one attached hydrogen (secondary N) is 1. The second-order valence-corrected chi connectivity index (χ2v) is 6.35. The summed E-state index contributed by atoms with van der Waals surface area (Å²) in [6.45, 7) is 2.37. The quantitative estimate of drug-likeness (QED) is 0.707. The standard InChI is InChI=1S/C19H24N2O2S/c1-23-12-11-21(14-16-7-4-3-5-8-16)15-19(22)20-17-9-6-10-18(13-17)24-2/h3-10,13H,11-12,14-15H2,1-2H3,(H,20,22). The maximum absolute atomic E-state index is 12.4. The maximum atomic E-state index is 12.4. The molecule has 0 aromatic heterocycles. The van der Waals surface area contributed by atoms with E-state index < -0.39 is 0 Å². The van der Waals surface area contributed by atoms with Crippen LogP contribution in [0.1, 0.15) is 5.56 Å². The molecule has 2 aromatic rings. The SMILES string of the molecule is COCCN(CC(=O)Nc1cccc(SC)c1)Cc1ccccc1. The van der Waals surface area contributed by atoms with Gasteiger partial charge >= 0.3 is 0 Å². The molecule has 0 aliphatic rings. The number of ether oxygens (including phenoxy) is 1. The topological polar surface area (TPSA) is 41.6 Å². The van der Waals surface area contributed by atoms with Crippen molar-refractivity contribution in [1.29, 1.82) is 0 Å². The lowest BCUT2D eigenvalue weighted by Gasteiger charge is -2.21. The van der Waals surface area contributed by atoms with Gasteiger partial charge in [-0.3, -0.25) is 9.69 Å². The van der Waals surface area contributed by atoms with Crippen molar-refractivity contribution >= 4 is 23.4 Å². The molecule has 1 amide bonds. The van der Waals surface area contributed by atoms with Crippen molar-refractivity contribution in [2.75, 3.05) is 38.4 Å². The van der Waals surface area contributed by atoms with Crippen molar-refractivity contribution in [3.8, 4) is 0 Å². The van der Waals surface area contributed by atoms with Crippen LogP contribution in [0.4, 0.5) is 5.69 Å². The average Bonchev–Trinajstić information content (AvgIpc) is 2.60. The van der Waals surface area contributed by atoms with Crippen molar-refractivity contribution < 1.29 is 9.53 Å². The lowest BCUT2D eigenvalue weighted by Crippen LogP contribution is -2.35. The zero-order valence-electron chi connectivity index (χ0n) is 14.2. The van der Waals surface area contributed by atoms with Crippen LogP contribution in [-0.2, 0) is 16.1 Å². The predicted molar refractivity (Wildman–Crippen MR) is 100 cm³/mol. The minimum atomic E-state index is -0.0136. The van der Waals surface area contributed by atoms with Gasteiger partial charge in [-0.25, -0.2) is 0 Å². The van der Waals surface area contributed by atoms with Gasteiger partial charge in [-0.1, -0.05) is 36.4 Å². The van der Waals surface area contributed by atoms with Gasteiger partial charge in [-0.2, -0.15) is 0 Å². The zero-order valence-corrected chi connectivity index (χ0v) is 15.0. The molecule has 0 aliphatic heterocycles. The number of methoxy groups -OCH3 is 1. The van der Waals surface area contributed by atoms with E-state index in [0.29, 0.717) is 19.7 Å². The van der Waals surface area contributed by atoms with E-state index in [2.05, 4.69) is 22.3 Å². The largest absolute Gasteiger partial charge is 0.383 e.